The number of rotatable bonds is 8. The topological polar surface area (TPSA) is 80.7 Å². The Morgan fingerprint density at radius 3 is 2.77 bits per heavy atom. The van der Waals surface area contributed by atoms with Gasteiger partial charge in [0, 0.05) is 45.1 Å². The van der Waals surface area contributed by atoms with Crippen molar-refractivity contribution in [2.75, 3.05) is 45.9 Å². The number of nitrogens with one attached hydrogen (secondary N) is 1. The molecule has 2 heterocycles. The molecule has 140 valence electrons. The molecule has 26 heavy (non-hydrogen) atoms. The lowest BCUT2D eigenvalue weighted by molar-refractivity contribution is 0.0377. The summed E-state index contributed by atoms with van der Waals surface area (Å²) >= 11 is 0. The number of morpholine rings is 1. The van der Waals surface area contributed by atoms with E-state index in [0.29, 0.717) is 5.96 Å². The van der Waals surface area contributed by atoms with E-state index in [9.17, 15) is 0 Å². The molecule has 2 aromatic rings. The molecule has 1 fully saturated rings. The Morgan fingerprint density at radius 2 is 2.04 bits per heavy atom. The summed E-state index contributed by atoms with van der Waals surface area (Å²) in [7, 11) is 0. The van der Waals surface area contributed by atoms with Crippen LogP contribution in [0.25, 0.3) is 5.69 Å². The van der Waals surface area contributed by atoms with Gasteiger partial charge in [0.2, 0.25) is 0 Å². The molecule has 0 atom stereocenters. The van der Waals surface area contributed by atoms with Crippen molar-refractivity contribution in [2.45, 2.75) is 12.8 Å². The Bertz CT molecular complexity index is 662. The Balaban J connectivity index is 1.32. The van der Waals surface area contributed by atoms with Crippen LogP contribution in [-0.4, -0.2) is 66.6 Å². The average molecular weight is 356 g/mol. The smallest absolute Gasteiger partial charge is 0.188 e. The maximum Gasteiger partial charge on any atom is 0.188 e. The summed E-state index contributed by atoms with van der Waals surface area (Å²) in [6.07, 6.45) is 5.65. The van der Waals surface area contributed by atoms with E-state index in [1.165, 1.54) is 5.56 Å². The van der Waals surface area contributed by atoms with Gasteiger partial charge in [-0.25, -0.2) is 4.68 Å². The highest BCUT2D eigenvalue weighted by Gasteiger charge is 2.08. The monoisotopic (exact) mass is 356 g/mol. The quantitative estimate of drug-likeness (QED) is 0.420. The van der Waals surface area contributed by atoms with Gasteiger partial charge in [0.25, 0.3) is 0 Å². The molecule has 0 amide bonds. The summed E-state index contributed by atoms with van der Waals surface area (Å²) in [6.45, 7) is 6.33. The normalized spacial score (nSPS) is 15.9. The van der Waals surface area contributed by atoms with Crippen molar-refractivity contribution in [1.82, 2.24) is 20.0 Å². The molecular weight excluding hydrogens is 328 g/mol. The second-order valence-electron chi connectivity index (χ2n) is 6.37. The molecule has 1 aromatic heterocycles. The van der Waals surface area contributed by atoms with E-state index in [1.807, 2.05) is 16.9 Å². The number of nitrogens with two attached hydrogens (primary N) is 1. The molecule has 3 N–H and O–H groups in total. The number of nitrogens with zero attached hydrogens (tertiary/aromatic N) is 4. The van der Waals surface area contributed by atoms with E-state index < -0.39 is 0 Å². The number of aliphatic imine (C=N–C) groups is 1. The van der Waals surface area contributed by atoms with Gasteiger partial charge in [-0.1, -0.05) is 12.1 Å². The van der Waals surface area contributed by atoms with Crippen LogP contribution < -0.4 is 11.1 Å². The number of guanidine groups is 1. The van der Waals surface area contributed by atoms with E-state index in [-0.39, 0.29) is 0 Å². The zero-order valence-electron chi connectivity index (χ0n) is 15.2. The first-order valence-corrected chi connectivity index (χ1v) is 9.24. The molecule has 0 spiro atoms. The minimum absolute atomic E-state index is 0.528. The van der Waals surface area contributed by atoms with Crippen molar-refractivity contribution in [1.29, 1.82) is 0 Å². The number of benzene rings is 1. The summed E-state index contributed by atoms with van der Waals surface area (Å²) in [6, 6.07) is 10.3. The fourth-order valence-corrected chi connectivity index (χ4v) is 2.95. The third kappa shape index (κ3) is 5.86. The second-order valence-corrected chi connectivity index (χ2v) is 6.37. The molecule has 7 nitrogen and oxygen atoms in total. The Labute approximate surface area is 154 Å². The predicted molar refractivity (Wildman–Crippen MR) is 104 cm³/mol. The van der Waals surface area contributed by atoms with Gasteiger partial charge in [-0.15, -0.1) is 0 Å². The molecule has 0 bridgehead atoms. The van der Waals surface area contributed by atoms with Gasteiger partial charge in [0.1, 0.15) is 0 Å². The van der Waals surface area contributed by atoms with Gasteiger partial charge in [-0.3, -0.25) is 9.89 Å². The maximum absolute atomic E-state index is 5.94. The number of ether oxygens (including phenoxy) is 1. The van der Waals surface area contributed by atoms with E-state index in [4.69, 9.17) is 10.5 Å². The summed E-state index contributed by atoms with van der Waals surface area (Å²) in [4.78, 5) is 6.81. The van der Waals surface area contributed by atoms with Crippen molar-refractivity contribution in [2.24, 2.45) is 10.7 Å². The third-order valence-corrected chi connectivity index (χ3v) is 4.44. The highest BCUT2D eigenvalue weighted by molar-refractivity contribution is 5.77. The maximum atomic E-state index is 5.94. The highest BCUT2D eigenvalue weighted by Crippen LogP contribution is 2.08. The van der Waals surface area contributed by atoms with E-state index in [0.717, 1.165) is 64.5 Å². The molecule has 0 radical (unpaired) electrons. The van der Waals surface area contributed by atoms with Gasteiger partial charge in [-0.05, 0) is 36.6 Å². The Kier molecular flexibility index (Phi) is 7.04. The van der Waals surface area contributed by atoms with Crippen LogP contribution in [0, 0.1) is 0 Å². The van der Waals surface area contributed by atoms with E-state index in [1.54, 1.807) is 6.20 Å². The van der Waals surface area contributed by atoms with Crippen LogP contribution in [0.15, 0.2) is 47.7 Å². The van der Waals surface area contributed by atoms with Crippen molar-refractivity contribution in [3.8, 4) is 5.69 Å². The molecule has 0 aliphatic carbocycles. The molecule has 0 unspecified atom stereocenters. The van der Waals surface area contributed by atoms with Gasteiger partial charge in [0.05, 0.1) is 18.9 Å². The van der Waals surface area contributed by atoms with Crippen molar-refractivity contribution < 1.29 is 4.74 Å². The van der Waals surface area contributed by atoms with Gasteiger partial charge >= 0.3 is 0 Å². The summed E-state index contributed by atoms with van der Waals surface area (Å²) in [5.41, 5.74) is 8.26. The van der Waals surface area contributed by atoms with Crippen molar-refractivity contribution >= 4 is 5.96 Å². The molecule has 1 aliphatic heterocycles. The van der Waals surface area contributed by atoms with Gasteiger partial charge in [0.15, 0.2) is 5.96 Å². The average Bonchev–Trinajstić information content (AvgIpc) is 3.21. The predicted octanol–water partition coefficient (Wildman–Crippen LogP) is 1.04. The number of hydrogen-bond donors (Lipinski definition) is 2. The molecule has 1 aromatic carbocycles. The van der Waals surface area contributed by atoms with Crippen LogP contribution in [0.4, 0.5) is 0 Å². The lowest BCUT2D eigenvalue weighted by Gasteiger charge is -2.26. The van der Waals surface area contributed by atoms with Crippen LogP contribution in [0.1, 0.15) is 12.0 Å². The molecule has 3 rings (SSSR count). The summed E-state index contributed by atoms with van der Waals surface area (Å²) in [5.74, 6) is 0.528. The largest absolute Gasteiger partial charge is 0.379 e. The minimum Gasteiger partial charge on any atom is -0.379 e. The van der Waals surface area contributed by atoms with Crippen LogP contribution in [0.2, 0.25) is 0 Å². The molecule has 7 heteroatoms. The first-order chi connectivity index (χ1) is 12.8. The van der Waals surface area contributed by atoms with E-state index in [2.05, 4.69) is 44.6 Å². The zero-order chi connectivity index (χ0) is 18.0. The Hall–Kier alpha value is -2.38. The zero-order valence-corrected chi connectivity index (χ0v) is 15.2. The fraction of sp³-hybridized carbons (Fsp3) is 0.474. The fourth-order valence-electron chi connectivity index (χ4n) is 2.95. The van der Waals surface area contributed by atoms with Gasteiger partial charge in [-0.2, -0.15) is 5.10 Å². The minimum atomic E-state index is 0.528. The van der Waals surface area contributed by atoms with Crippen molar-refractivity contribution in [3.63, 3.8) is 0 Å². The van der Waals surface area contributed by atoms with Crippen molar-refractivity contribution in [3.05, 3.63) is 48.3 Å². The molecular formula is C19H28N6O. The molecule has 1 saturated heterocycles. The number of hydrogen-bond acceptors (Lipinski definition) is 4. The first-order valence-electron chi connectivity index (χ1n) is 9.24. The van der Waals surface area contributed by atoms with Crippen LogP contribution in [0.3, 0.4) is 0 Å². The standard InChI is InChI=1S/C19H28N6O/c20-19(21-8-1-11-24-13-15-26-16-14-24)22-10-7-17-3-5-18(6-4-17)25-12-2-9-23-25/h2-6,9,12H,1,7-8,10-11,13-16H2,(H3,20,21,22). The number of aromatic nitrogens is 2. The SMILES string of the molecule is NC(=NCCCN1CCOCC1)NCCc1ccc(-n2cccn2)cc1. The second kappa shape index (κ2) is 9.94. The van der Waals surface area contributed by atoms with Crippen LogP contribution in [0.5, 0.6) is 0 Å². The lowest BCUT2D eigenvalue weighted by Crippen LogP contribution is -2.37. The van der Waals surface area contributed by atoms with Crippen LogP contribution >= 0.6 is 0 Å². The van der Waals surface area contributed by atoms with E-state index >= 15 is 0 Å². The molecule has 1 aliphatic rings. The summed E-state index contributed by atoms with van der Waals surface area (Å²) < 4.78 is 7.20. The Morgan fingerprint density at radius 1 is 1.23 bits per heavy atom. The highest BCUT2D eigenvalue weighted by atomic mass is 16.5. The van der Waals surface area contributed by atoms with Crippen LogP contribution in [-0.2, 0) is 11.2 Å². The third-order valence-electron chi connectivity index (χ3n) is 4.44. The lowest BCUT2D eigenvalue weighted by atomic mass is 10.1. The molecule has 0 saturated carbocycles. The first kappa shape index (κ1) is 18.4. The van der Waals surface area contributed by atoms with Gasteiger partial charge < -0.3 is 15.8 Å². The summed E-state index contributed by atoms with van der Waals surface area (Å²) in [5, 5.41) is 7.42.